The molecule has 0 saturated carbocycles. The number of carboxylic acids is 1. The molecule has 0 spiro atoms. The highest BCUT2D eigenvalue weighted by Gasteiger charge is 2.47. The van der Waals surface area contributed by atoms with Gasteiger partial charge in [0.1, 0.15) is 5.82 Å². The summed E-state index contributed by atoms with van der Waals surface area (Å²) in [6.07, 6.45) is 0. The number of nitrogens with zero attached hydrogens (tertiary/aromatic N) is 1. The summed E-state index contributed by atoms with van der Waals surface area (Å²) in [5.74, 6) is -2.10. The lowest BCUT2D eigenvalue weighted by atomic mass is 10.1. The van der Waals surface area contributed by atoms with Crippen molar-refractivity contribution in [2.75, 3.05) is 11.9 Å². The molecule has 1 heterocycles. The van der Waals surface area contributed by atoms with Crippen molar-refractivity contribution in [3.8, 4) is 0 Å². The Hall–Kier alpha value is -1.63. The zero-order valence-corrected chi connectivity index (χ0v) is 10.6. The molecule has 0 radical (unpaired) electrons. The zero-order chi connectivity index (χ0) is 13.7. The Bertz CT molecular complexity index is 613. The highest BCUT2D eigenvalue weighted by molar-refractivity contribution is 7.93. The van der Waals surface area contributed by atoms with Crippen molar-refractivity contribution in [3.05, 3.63) is 24.0 Å². The molecule has 0 aliphatic carbocycles. The number of anilines is 1. The predicted molar refractivity (Wildman–Crippen MR) is 62.9 cm³/mol. The van der Waals surface area contributed by atoms with Gasteiger partial charge in [0.15, 0.2) is 15.1 Å². The molecule has 0 aromatic heterocycles. The molecule has 0 saturated heterocycles. The number of halogens is 1. The third-order valence-electron chi connectivity index (χ3n) is 3.24. The molecule has 0 bridgehead atoms. The molecule has 1 aliphatic rings. The SMILES string of the molecule is CC1C(C(=O)O)S(=O)(=O)c2cccc(F)c2N1C. The monoisotopic (exact) mass is 273 g/mol. The summed E-state index contributed by atoms with van der Waals surface area (Å²) in [4.78, 5) is 12.2. The van der Waals surface area contributed by atoms with Crippen molar-refractivity contribution in [1.82, 2.24) is 0 Å². The van der Waals surface area contributed by atoms with Gasteiger partial charge in [-0.1, -0.05) is 6.07 Å². The van der Waals surface area contributed by atoms with Gasteiger partial charge in [-0.15, -0.1) is 0 Å². The second-order valence-electron chi connectivity index (χ2n) is 4.24. The van der Waals surface area contributed by atoms with Gasteiger partial charge in [0.25, 0.3) is 0 Å². The normalized spacial score (nSPS) is 25.6. The Morgan fingerprint density at radius 1 is 1.44 bits per heavy atom. The van der Waals surface area contributed by atoms with E-state index in [0.29, 0.717) is 0 Å². The van der Waals surface area contributed by atoms with Crippen LogP contribution in [0.2, 0.25) is 0 Å². The minimum atomic E-state index is -4.07. The Labute approximate surface area is 104 Å². The zero-order valence-electron chi connectivity index (χ0n) is 9.79. The van der Waals surface area contributed by atoms with Gasteiger partial charge in [-0.05, 0) is 19.1 Å². The maximum absolute atomic E-state index is 13.7. The average Bonchev–Trinajstić information content (AvgIpc) is 2.25. The van der Waals surface area contributed by atoms with Crippen LogP contribution in [0.5, 0.6) is 0 Å². The molecule has 0 amide bonds. The lowest BCUT2D eigenvalue weighted by Gasteiger charge is -2.37. The molecular formula is C11H12FNO4S. The fourth-order valence-corrected chi connectivity index (χ4v) is 4.23. The van der Waals surface area contributed by atoms with Crippen LogP contribution in [0.3, 0.4) is 0 Å². The summed E-state index contributed by atoms with van der Waals surface area (Å²) in [7, 11) is -2.58. The number of hydrogen-bond acceptors (Lipinski definition) is 4. The molecule has 18 heavy (non-hydrogen) atoms. The number of rotatable bonds is 1. The molecule has 0 fully saturated rings. The molecule has 1 aliphatic heterocycles. The summed E-state index contributed by atoms with van der Waals surface area (Å²) in [6, 6.07) is 2.80. The lowest BCUT2D eigenvalue weighted by Crippen LogP contribution is -2.52. The first-order valence-electron chi connectivity index (χ1n) is 5.26. The van der Waals surface area contributed by atoms with Gasteiger partial charge in [0, 0.05) is 7.05 Å². The number of carbonyl (C=O) groups is 1. The van der Waals surface area contributed by atoms with Gasteiger partial charge in [-0.3, -0.25) is 4.79 Å². The van der Waals surface area contributed by atoms with Crippen molar-refractivity contribution >= 4 is 21.5 Å². The largest absolute Gasteiger partial charge is 0.480 e. The standard InChI is InChI=1S/C11H12FNO4S/c1-6-10(11(14)15)18(16,17)8-5-3-4-7(12)9(8)13(6)2/h3-6,10H,1-2H3,(H,14,15). The van der Waals surface area contributed by atoms with Gasteiger partial charge < -0.3 is 10.0 Å². The number of hydrogen-bond donors (Lipinski definition) is 1. The molecule has 2 rings (SSSR count). The van der Waals surface area contributed by atoms with Crippen molar-refractivity contribution in [2.24, 2.45) is 0 Å². The quantitative estimate of drug-likeness (QED) is 0.822. The first kappa shape index (κ1) is 12.8. The van der Waals surface area contributed by atoms with E-state index in [2.05, 4.69) is 0 Å². The van der Waals surface area contributed by atoms with E-state index >= 15 is 0 Å². The second kappa shape index (κ2) is 3.94. The maximum atomic E-state index is 13.7. The van der Waals surface area contributed by atoms with Crippen LogP contribution in [0.4, 0.5) is 10.1 Å². The van der Waals surface area contributed by atoms with Crippen molar-refractivity contribution in [2.45, 2.75) is 23.1 Å². The molecule has 1 aromatic carbocycles. The Kier molecular flexibility index (Phi) is 2.81. The minimum Gasteiger partial charge on any atom is -0.480 e. The first-order valence-corrected chi connectivity index (χ1v) is 6.81. The van der Waals surface area contributed by atoms with Gasteiger partial charge in [0.2, 0.25) is 0 Å². The molecule has 1 N–H and O–H groups in total. The summed E-state index contributed by atoms with van der Waals surface area (Å²) in [6.45, 7) is 1.45. The number of aliphatic carboxylic acids is 1. The Morgan fingerprint density at radius 3 is 2.61 bits per heavy atom. The van der Waals surface area contributed by atoms with E-state index in [0.717, 1.165) is 6.07 Å². The van der Waals surface area contributed by atoms with E-state index in [-0.39, 0.29) is 10.6 Å². The van der Waals surface area contributed by atoms with Gasteiger partial charge in [0.05, 0.1) is 16.6 Å². The number of sulfone groups is 1. The van der Waals surface area contributed by atoms with Crippen molar-refractivity contribution in [3.63, 3.8) is 0 Å². The van der Waals surface area contributed by atoms with Gasteiger partial charge in [-0.2, -0.15) is 0 Å². The summed E-state index contributed by atoms with van der Waals surface area (Å²) in [5.41, 5.74) is -0.0671. The number of fused-ring (bicyclic) bond motifs is 1. The van der Waals surface area contributed by atoms with Crippen LogP contribution in [0, 0.1) is 5.82 Å². The molecule has 1 aromatic rings. The van der Waals surface area contributed by atoms with E-state index in [9.17, 15) is 17.6 Å². The molecule has 2 unspecified atom stereocenters. The van der Waals surface area contributed by atoms with Crippen LogP contribution in [0.15, 0.2) is 23.1 Å². The number of carboxylic acid groups (broad SMARTS) is 1. The molecule has 2 atom stereocenters. The van der Waals surface area contributed by atoms with Gasteiger partial charge >= 0.3 is 5.97 Å². The molecule has 5 nitrogen and oxygen atoms in total. The molecule has 98 valence electrons. The first-order chi connectivity index (χ1) is 8.28. The minimum absolute atomic E-state index is 0.0671. The third-order valence-corrected chi connectivity index (χ3v) is 5.44. The van der Waals surface area contributed by atoms with Crippen LogP contribution < -0.4 is 4.90 Å². The average molecular weight is 273 g/mol. The Morgan fingerprint density at radius 2 is 2.06 bits per heavy atom. The summed E-state index contributed by atoms with van der Waals surface area (Å²) in [5, 5.41) is 7.47. The molecule has 7 heteroatoms. The smallest absolute Gasteiger partial charge is 0.324 e. The van der Waals surface area contributed by atoms with E-state index in [4.69, 9.17) is 5.11 Å². The fourth-order valence-electron chi connectivity index (χ4n) is 2.21. The van der Waals surface area contributed by atoms with Crippen LogP contribution in [-0.2, 0) is 14.6 Å². The van der Waals surface area contributed by atoms with E-state index in [1.54, 1.807) is 0 Å². The van der Waals surface area contributed by atoms with Crippen LogP contribution >= 0.6 is 0 Å². The number of para-hydroxylation sites is 1. The van der Waals surface area contributed by atoms with Gasteiger partial charge in [-0.25, -0.2) is 12.8 Å². The topological polar surface area (TPSA) is 74.7 Å². The van der Waals surface area contributed by atoms with Crippen molar-refractivity contribution in [1.29, 1.82) is 0 Å². The van der Waals surface area contributed by atoms with Crippen LogP contribution in [0.25, 0.3) is 0 Å². The second-order valence-corrected chi connectivity index (χ2v) is 6.28. The number of benzene rings is 1. The highest BCUT2D eigenvalue weighted by atomic mass is 32.2. The van der Waals surface area contributed by atoms with E-state index in [1.165, 1.54) is 31.0 Å². The lowest BCUT2D eigenvalue weighted by molar-refractivity contribution is -0.136. The Balaban J connectivity index is 2.79. The molecular weight excluding hydrogens is 261 g/mol. The summed E-state index contributed by atoms with van der Waals surface area (Å²) >= 11 is 0. The van der Waals surface area contributed by atoms with E-state index < -0.39 is 32.9 Å². The predicted octanol–water partition coefficient (Wildman–Crippen LogP) is 0.891. The van der Waals surface area contributed by atoms with Crippen LogP contribution in [-0.4, -0.2) is 37.8 Å². The fraction of sp³-hybridized carbons (Fsp3) is 0.364. The van der Waals surface area contributed by atoms with Crippen molar-refractivity contribution < 1.29 is 22.7 Å². The van der Waals surface area contributed by atoms with Crippen LogP contribution in [0.1, 0.15) is 6.92 Å². The van der Waals surface area contributed by atoms with E-state index in [1.807, 2.05) is 0 Å². The highest BCUT2D eigenvalue weighted by Crippen LogP contribution is 2.37. The maximum Gasteiger partial charge on any atom is 0.324 e. The third kappa shape index (κ3) is 1.58. The summed E-state index contributed by atoms with van der Waals surface area (Å²) < 4.78 is 38.1.